The number of benzene rings is 1. The van der Waals surface area contributed by atoms with Gasteiger partial charge in [-0.1, -0.05) is 11.6 Å². The number of hydrogen-bond donors (Lipinski definition) is 1. The Balaban J connectivity index is 1.82. The lowest BCUT2D eigenvalue weighted by molar-refractivity contribution is 0.0741. The van der Waals surface area contributed by atoms with Crippen LogP contribution in [0, 0.1) is 5.82 Å². The number of carbonyl (C=O) groups excluding carboxylic acids is 1. The monoisotopic (exact) mass is 380 g/mol. The molecule has 3 rings (SSSR count). The largest absolute Gasteiger partial charge is 0.385 e. The van der Waals surface area contributed by atoms with Gasteiger partial charge in [0.25, 0.3) is 5.91 Å². The van der Waals surface area contributed by atoms with Crippen molar-refractivity contribution in [2.24, 2.45) is 0 Å². The second kappa shape index (κ2) is 7.73. The second-order valence-corrected chi connectivity index (χ2v) is 7.20. The molecule has 0 spiro atoms. The molecule has 1 N–H and O–H groups in total. The summed E-state index contributed by atoms with van der Waals surface area (Å²) in [5.41, 5.74) is 1.38. The summed E-state index contributed by atoms with van der Waals surface area (Å²) in [6, 6.07) is 5.79. The normalized spacial score (nSPS) is 15.7. The van der Waals surface area contributed by atoms with E-state index in [0.29, 0.717) is 43.3 Å². The highest BCUT2D eigenvalue weighted by atomic mass is 35.5. The molecule has 1 unspecified atom stereocenters. The summed E-state index contributed by atoms with van der Waals surface area (Å²) >= 11 is 5.91. The first kappa shape index (κ1) is 18.8. The predicted molar refractivity (Wildman–Crippen MR) is 96.5 cm³/mol. The van der Waals surface area contributed by atoms with Gasteiger partial charge < -0.3 is 14.9 Å². The van der Waals surface area contributed by atoms with Gasteiger partial charge in [-0.05, 0) is 44.8 Å². The number of likely N-dealkylation sites (N-methyl/N-ethyl adjacent to an activating group) is 1. The Kier molecular flexibility index (Phi) is 5.60. The summed E-state index contributed by atoms with van der Waals surface area (Å²) in [7, 11) is 3.76. The minimum Gasteiger partial charge on any atom is -0.385 e. The van der Waals surface area contributed by atoms with E-state index in [-0.39, 0.29) is 5.56 Å². The molecule has 0 aliphatic carbocycles. The van der Waals surface area contributed by atoms with Crippen LogP contribution in [0.25, 0.3) is 0 Å². The molecule has 1 aliphatic rings. The highest BCUT2D eigenvalue weighted by Gasteiger charge is 2.25. The molecule has 6 nitrogen and oxygen atoms in total. The summed E-state index contributed by atoms with van der Waals surface area (Å²) in [5.74, 6) is -0.978. The van der Waals surface area contributed by atoms with Gasteiger partial charge in [-0.2, -0.15) is 5.10 Å². The third-order valence-electron chi connectivity index (χ3n) is 4.36. The maximum Gasteiger partial charge on any atom is 0.257 e. The highest BCUT2D eigenvalue weighted by Crippen LogP contribution is 2.22. The molecule has 26 heavy (non-hydrogen) atoms. The fourth-order valence-electron chi connectivity index (χ4n) is 3.09. The molecule has 8 heteroatoms. The topological polar surface area (TPSA) is 61.6 Å². The van der Waals surface area contributed by atoms with Crippen LogP contribution in [0.2, 0.25) is 5.02 Å². The predicted octanol–water partition coefficient (Wildman–Crippen LogP) is 2.32. The van der Waals surface area contributed by atoms with Crippen LogP contribution in [0.5, 0.6) is 0 Å². The number of nitrogens with zero attached hydrogens (tertiary/aromatic N) is 4. The van der Waals surface area contributed by atoms with Crippen LogP contribution in [-0.4, -0.2) is 57.8 Å². The number of aromatic nitrogens is 2. The average molecular weight is 381 g/mol. The van der Waals surface area contributed by atoms with Crippen LogP contribution in [-0.2, 0) is 13.1 Å². The van der Waals surface area contributed by atoms with Gasteiger partial charge in [0.05, 0.1) is 23.5 Å². The smallest absolute Gasteiger partial charge is 0.257 e. The van der Waals surface area contributed by atoms with E-state index >= 15 is 0 Å². The van der Waals surface area contributed by atoms with Crippen molar-refractivity contribution in [3.8, 4) is 0 Å². The van der Waals surface area contributed by atoms with E-state index in [0.717, 1.165) is 5.69 Å². The summed E-state index contributed by atoms with van der Waals surface area (Å²) < 4.78 is 15.9. The molecule has 1 amide bonds. The zero-order valence-electron chi connectivity index (χ0n) is 14.8. The SMILES string of the molecule is CN(C)CC(O)c1cc2n(n1)CCCN(C(=O)c1cc(Cl)ccc1F)C2. The Morgan fingerprint density at radius 3 is 2.88 bits per heavy atom. The molecule has 0 saturated heterocycles. The Morgan fingerprint density at radius 1 is 1.38 bits per heavy atom. The molecular weight excluding hydrogens is 359 g/mol. The summed E-state index contributed by atoms with van der Waals surface area (Å²) in [4.78, 5) is 16.2. The van der Waals surface area contributed by atoms with Crippen molar-refractivity contribution in [3.63, 3.8) is 0 Å². The first-order valence-electron chi connectivity index (χ1n) is 8.49. The van der Waals surface area contributed by atoms with Gasteiger partial charge in [-0.15, -0.1) is 0 Å². The van der Waals surface area contributed by atoms with E-state index < -0.39 is 17.8 Å². The molecule has 0 saturated carbocycles. The molecule has 2 heterocycles. The van der Waals surface area contributed by atoms with Gasteiger partial charge in [0.15, 0.2) is 0 Å². The van der Waals surface area contributed by atoms with E-state index in [1.165, 1.54) is 18.2 Å². The number of halogens is 2. The van der Waals surface area contributed by atoms with Crippen LogP contribution >= 0.6 is 11.6 Å². The molecule has 140 valence electrons. The van der Waals surface area contributed by atoms with Crippen LogP contribution in [0.15, 0.2) is 24.3 Å². The molecule has 0 bridgehead atoms. The Bertz CT molecular complexity index is 808. The number of fused-ring (bicyclic) bond motifs is 1. The van der Waals surface area contributed by atoms with Crippen molar-refractivity contribution in [1.29, 1.82) is 0 Å². The zero-order chi connectivity index (χ0) is 18.8. The van der Waals surface area contributed by atoms with Crippen molar-refractivity contribution in [1.82, 2.24) is 19.6 Å². The number of aliphatic hydroxyl groups is 1. The number of aliphatic hydroxyl groups excluding tert-OH is 1. The van der Waals surface area contributed by atoms with E-state index in [4.69, 9.17) is 11.6 Å². The van der Waals surface area contributed by atoms with Gasteiger partial charge in [0.2, 0.25) is 0 Å². The summed E-state index contributed by atoms with van der Waals surface area (Å²) in [5, 5.41) is 15.1. The molecule has 1 aromatic heterocycles. The lowest BCUT2D eigenvalue weighted by atomic mass is 10.1. The quantitative estimate of drug-likeness (QED) is 0.884. The van der Waals surface area contributed by atoms with Gasteiger partial charge in [0, 0.05) is 24.7 Å². The van der Waals surface area contributed by atoms with Crippen molar-refractivity contribution >= 4 is 17.5 Å². The molecule has 0 radical (unpaired) electrons. The van der Waals surface area contributed by atoms with Crippen LogP contribution < -0.4 is 0 Å². The van der Waals surface area contributed by atoms with Crippen LogP contribution in [0.4, 0.5) is 4.39 Å². The molecule has 1 aromatic carbocycles. The Hall–Kier alpha value is -1.96. The van der Waals surface area contributed by atoms with E-state index in [1.54, 1.807) is 4.90 Å². The van der Waals surface area contributed by atoms with Gasteiger partial charge in [-0.3, -0.25) is 9.48 Å². The number of rotatable bonds is 4. The third-order valence-corrected chi connectivity index (χ3v) is 4.59. The van der Waals surface area contributed by atoms with Crippen molar-refractivity contribution in [2.75, 3.05) is 27.2 Å². The van der Waals surface area contributed by atoms with E-state index in [2.05, 4.69) is 5.10 Å². The number of carbonyl (C=O) groups is 1. The standard InChI is InChI=1S/C18H22ClFN4O2/c1-22(2)11-17(25)16-9-13-10-23(6-3-7-24(13)21-16)18(26)14-8-12(19)4-5-15(14)20/h4-5,8-9,17,25H,3,6-7,10-11H2,1-2H3. The fourth-order valence-corrected chi connectivity index (χ4v) is 3.26. The van der Waals surface area contributed by atoms with Crippen molar-refractivity contribution in [2.45, 2.75) is 25.6 Å². The first-order valence-corrected chi connectivity index (χ1v) is 8.86. The summed E-state index contributed by atoms with van der Waals surface area (Å²) in [6.45, 7) is 1.93. The third kappa shape index (κ3) is 4.06. The Labute approximate surface area is 156 Å². The molecule has 1 aliphatic heterocycles. The van der Waals surface area contributed by atoms with Gasteiger partial charge in [-0.25, -0.2) is 4.39 Å². The molecule has 0 fully saturated rings. The lowest BCUT2D eigenvalue weighted by Crippen LogP contribution is -2.31. The number of hydrogen-bond acceptors (Lipinski definition) is 4. The second-order valence-electron chi connectivity index (χ2n) is 6.77. The van der Waals surface area contributed by atoms with Crippen LogP contribution in [0.1, 0.15) is 34.3 Å². The van der Waals surface area contributed by atoms with Gasteiger partial charge in [0.1, 0.15) is 11.9 Å². The summed E-state index contributed by atoms with van der Waals surface area (Å²) in [6.07, 6.45) is 0.00480. The van der Waals surface area contributed by atoms with Crippen LogP contribution in [0.3, 0.4) is 0 Å². The molecule has 2 aromatic rings. The molecule has 1 atom stereocenters. The Morgan fingerprint density at radius 2 is 2.15 bits per heavy atom. The highest BCUT2D eigenvalue weighted by molar-refractivity contribution is 6.31. The van der Waals surface area contributed by atoms with E-state index in [1.807, 2.05) is 29.7 Å². The fraction of sp³-hybridized carbons (Fsp3) is 0.444. The number of aryl methyl sites for hydroxylation is 1. The maximum atomic E-state index is 14.0. The first-order chi connectivity index (χ1) is 12.3. The minimum atomic E-state index is -0.695. The van der Waals surface area contributed by atoms with Gasteiger partial charge >= 0.3 is 0 Å². The average Bonchev–Trinajstić information content (AvgIpc) is 2.88. The zero-order valence-corrected chi connectivity index (χ0v) is 15.6. The van der Waals surface area contributed by atoms with Crippen molar-refractivity contribution in [3.05, 3.63) is 52.1 Å². The van der Waals surface area contributed by atoms with E-state index in [9.17, 15) is 14.3 Å². The minimum absolute atomic E-state index is 0.0293. The lowest BCUT2D eigenvalue weighted by Gasteiger charge is -2.20. The molecular formula is C18H22ClFN4O2. The maximum absolute atomic E-state index is 14.0. The van der Waals surface area contributed by atoms with Crippen molar-refractivity contribution < 1.29 is 14.3 Å². The number of amides is 1.